The zero-order valence-corrected chi connectivity index (χ0v) is 12.9. The number of carboxylic acids is 1. The molecule has 0 saturated carbocycles. The van der Waals surface area contributed by atoms with Crippen molar-refractivity contribution in [2.45, 2.75) is 32.2 Å². The van der Waals surface area contributed by atoms with Gasteiger partial charge in [-0.3, -0.25) is 14.4 Å². The van der Waals surface area contributed by atoms with Crippen LogP contribution < -0.4 is 5.32 Å². The predicted octanol–water partition coefficient (Wildman–Crippen LogP) is 2.38. The molecule has 6 nitrogen and oxygen atoms in total. The number of carbonyl (C=O) groups is 3. The van der Waals surface area contributed by atoms with Gasteiger partial charge >= 0.3 is 5.97 Å². The van der Waals surface area contributed by atoms with Crippen LogP contribution in [0.2, 0.25) is 5.02 Å². The van der Waals surface area contributed by atoms with Crippen LogP contribution in [-0.2, 0) is 9.59 Å². The van der Waals surface area contributed by atoms with Crippen LogP contribution >= 0.6 is 11.6 Å². The Bertz CT molecular complexity index is 618. The van der Waals surface area contributed by atoms with E-state index in [-0.39, 0.29) is 34.9 Å². The molecule has 118 valence electrons. The lowest BCUT2D eigenvalue weighted by Gasteiger charge is -2.24. The van der Waals surface area contributed by atoms with Crippen LogP contribution in [0.3, 0.4) is 0 Å². The van der Waals surface area contributed by atoms with Gasteiger partial charge in [-0.1, -0.05) is 11.6 Å². The summed E-state index contributed by atoms with van der Waals surface area (Å²) < 4.78 is 0. The molecule has 1 atom stereocenters. The van der Waals surface area contributed by atoms with Crippen LogP contribution in [0.25, 0.3) is 0 Å². The van der Waals surface area contributed by atoms with Gasteiger partial charge in [-0.05, 0) is 31.0 Å². The first kappa shape index (κ1) is 16.3. The molecule has 0 aliphatic carbocycles. The van der Waals surface area contributed by atoms with Crippen molar-refractivity contribution in [3.8, 4) is 0 Å². The van der Waals surface area contributed by atoms with E-state index in [1.54, 1.807) is 17.0 Å². The molecule has 2 N–H and O–H groups in total. The maximum atomic E-state index is 12.6. The van der Waals surface area contributed by atoms with E-state index >= 15 is 0 Å². The molecule has 0 aromatic heterocycles. The summed E-state index contributed by atoms with van der Waals surface area (Å²) >= 11 is 6.08. The monoisotopic (exact) mass is 324 g/mol. The Hall–Kier alpha value is -2.08. The third kappa shape index (κ3) is 3.76. The smallest absolute Gasteiger partial charge is 0.305 e. The molecular weight excluding hydrogens is 308 g/mol. The SMILES string of the molecule is CC(=O)Nc1ccc(Cl)c(C(=O)N2CCCC2CC(=O)O)c1. The standard InChI is InChI=1S/C15H17ClN2O4/c1-9(19)17-10-4-5-13(16)12(7-10)15(22)18-6-2-3-11(18)8-14(20)21/h4-5,7,11H,2-3,6,8H2,1H3,(H,17,19)(H,20,21). The molecule has 1 aromatic carbocycles. The Balaban J connectivity index is 2.24. The molecule has 1 saturated heterocycles. The van der Waals surface area contributed by atoms with Crippen molar-refractivity contribution in [1.82, 2.24) is 4.90 Å². The van der Waals surface area contributed by atoms with Gasteiger partial charge in [-0.15, -0.1) is 0 Å². The van der Waals surface area contributed by atoms with Crippen molar-refractivity contribution < 1.29 is 19.5 Å². The van der Waals surface area contributed by atoms with E-state index in [4.69, 9.17) is 16.7 Å². The number of carboxylic acid groups (broad SMARTS) is 1. The molecule has 2 amide bonds. The third-order valence-corrected chi connectivity index (χ3v) is 3.89. The van der Waals surface area contributed by atoms with E-state index < -0.39 is 5.97 Å². The number of rotatable bonds is 4. The van der Waals surface area contributed by atoms with Gasteiger partial charge in [0.05, 0.1) is 17.0 Å². The van der Waals surface area contributed by atoms with Gasteiger partial charge in [-0.25, -0.2) is 0 Å². The zero-order chi connectivity index (χ0) is 16.3. The topological polar surface area (TPSA) is 86.7 Å². The number of hydrogen-bond acceptors (Lipinski definition) is 3. The van der Waals surface area contributed by atoms with Crippen molar-refractivity contribution >= 4 is 35.1 Å². The normalized spacial score (nSPS) is 17.4. The second kappa shape index (κ2) is 6.79. The number of carbonyl (C=O) groups excluding carboxylic acids is 2. The molecule has 0 bridgehead atoms. The molecule has 22 heavy (non-hydrogen) atoms. The first-order valence-corrected chi connectivity index (χ1v) is 7.36. The summed E-state index contributed by atoms with van der Waals surface area (Å²) in [7, 11) is 0. The van der Waals surface area contributed by atoms with Gasteiger partial charge in [0.1, 0.15) is 0 Å². The fourth-order valence-corrected chi connectivity index (χ4v) is 2.84. The fourth-order valence-electron chi connectivity index (χ4n) is 2.64. The van der Waals surface area contributed by atoms with Gasteiger partial charge in [0.2, 0.25) is 5.91 Å². The summed E-state index contributed by atoms with van der Waals surface area (Å²) in [6, 6.07) is 4.36. The number of nitrogens with one attached hydrogen (secondary N) is 1. The van der Waals surface area contributed by atoms with Crippen molar-refractivity contribution in [3.05, 3.63) is 28.8 Å². The molecule has 1 aromatic rings. The summed E-state index contributed by atoms with van der Waals surface area (Å²) in [5.74, 6) is -1.48. The highest BCUT2D eigenvalue weighted by molar-refractivity contribution is 6.34. The minimum absolute atomic E-state index is 0.0747. The number of nitrogens with zero attached hydrogens (tertiary/aromatic N) is 1. The Morgan fingerprint density at radius 2 is 2.14 bits per heavy atom. The van der Waals surface area contributed by atoms with Crippen LogP contribution in [0, 0.1) is 0 Å². The summed E-state index contributed by atoms with van der Waals surface area (Å²) in [6.07, 6.45) is 1.36. The van der Waals surface area contributed by atoms with Gasteiger partial charge < -0.3 is 15.3 Å². The number of hydrogen-bond donors (Lipinski definition) is 2. The highest BCUT2D eigenvalue weighted by Gasteiger charge is 2.31. The molecule has 0 radical (unpaired) electrons. The molecule has 1 aliphatic rings. The average Bonchev–Trinajstić information content (AvgIpc) is 2.87. The van der Waals surface area contributed by atoms with Crippen molar-refractivity contribution in [3.63, 3.8) is 0 Å². The lowest BCUT2D eigenvalue weighted by molar-refractivity contribution is -0.138. The van der Waals surface area contributed by atoms with Crippen LogP contribution in [0.4, 0.5) is 5.69 Å². The number of likely N-dealkylation sites (tertiary alicyclic amines) is 1. The highest BCUT2D eigenvalue weighted by atomic mass is 35.5. The van der Waals surface area contributed by atoms with Crippen molar-refractivity contribution in [2.24, 2.45) is 0 Å². The van der Waals surface area contributed by atoms with E-state index in [2.05, 4.69) is 5.32 Å². The number of halogens is 1. The molecule has 1 unspecified atom stereocenters. The van der Waals surface area contributed by atoms with Crippen LogP contribution in [-0.4, -0.2) is 40.4 Å². The molecule has 1 aliphatic heterocycles. The number of aliphatic carboxylic acids is 1. The largest absolute Gasteiger partial charge is 0.481 e. The maximum absolute atomic E-state index is 12.6. The van der Waals surface area contributed by atoms with E-state index in [0.717, 1.165) is 6.42 Å². The van der Waals surface area contributed by atoms with Crippen LogP contribution in [0.5, 0.6) is 0 Å². The van der Waals surface area contributed by atoms with Gasteiger partial charge in [0.25, 0.3) is 5.91 Å². The molecule has 2 rings (SSSR count). The number of amides is 2. The summed E-state index contributed by atoms with van der Waals surface area (Å²) in [4.78, 5) is 36.2. The minimum atomic E-state index is -0.928. The average molecular weight is 325 g/mol. The van der Waals surface area contributed by atoms with Crippen LogP contribution in [0.1, 0.15) is 36.5 Å². The summed E-state index contributed by atoms with van der Waals surface area (Å²) in [5.41, 5.74) is 0.749. The number of benzene rings is 1. The third-order valence-electron chi connectivity index (χ3n) is 3.57. The molecular formula is C15H17ClN2O4. The zero-order valence-electron chi connectivity index (χ0n) is 12.1. The Morgan fingerprint density at radius 3 is 2.77 bits per heavy atom. The van der Waals surface area contributed by atoms with Crippen LogP contribution in [0.15, 0.2) is 18.2 Å². The summed E-state index contributed by atoms with van der Waals surface area (Å²) in [5, 5.41) is 11.8. The minimum Gasteiger partial charge on any atom is -0.481 e. The lowest BCUT2D eigenvalue weighted by Crippen LogP contribution is -2.37. The van der Waals surface area contributed by atoms with Gasteiger partial charge in [0.15, 0.2) is 0 Å². The predicted molar refractivity (Wildman–Crippen MR) is 82.1 cm³/mol. The Kier molecular flexibility index (Phi) is 5.03. The van der Waals surface area contributed by atoms with Gasteiger partial charge in [0, 0.05) is 25.2 Å². The maximum Gasteiger partial charge on any atom is 0.305 e. The molecule has 0 spiro atoms. The first-order valence-electron chi connectivity index (χ1n) is 6.98. The fraction of sp³-hybridized carbons (Fsp3) is 0.400. The number of anilines is 1. The second-order valence-corrected chi connectivity index (χ2v) is 5.68. The lowest BCUT2D eigenvalue weighted by atomic mass is 10.1. The Morgan fingerprint density at radius 1 is 1.41 bits per heavy atom. The van der Waals surface area contributed by atoms with E-state index in [0.29, 0.717) is 18.7 Å². The van der Waals surface area contributed by atoms with E-state index in [1.165, 1.54) is 13.0 Å². The van der Waals surface area contributed by atoms with E-state index in [9.17, 15) is 14.4 Å². The van der Waals surface area contributed by atoms with E-state index in [1.807, 2.05) is 0 Å². The van der Waals surface area contributed by atoms with Crippen molar-refractivity contribution in [2.75, 3.05) is 11.9 Å². The second-order valence-electron chi connectivity index (χ2n) is 5.27. The first-order chi connectivity index (χ1) is 10.4. The summed E-state index contributed by atoms with van der Waals surface area (Å²) in [6.45, 7) is 1.89. The molecule has 1 heterocycles. The molecule has 7 heteroatoms. The highest BCUT2D eigenvalue weighted by Crippen LogP contribution is 2.27. The van der Waals surface area contributed by atoms with Crippen molar-refractivity contribution in [1.29, 1.82) is 0 Å². The Labute approximate surface area is 133 Å². The van der Waals surface area contributed by atoms with Gasteiger partial charge in [-0.2, -0.15) is 0 Å². The quantitative estimate of drug-likeness (QED) is 0.890. The molecule has 1 fully saturated rings.